The van der Waals surface area contributed by atoms with E-state index in [0.29, 0.717) is 16.7 Å². The molecule has 1 aromatic carbocycles. The second kappa shape index (κ2) is 6.29. The highest BCUT2D eigenvalue weighted by Crippen LogP contribution is 2.25. The highest BCUT2D eigenvalue weighted by atomic mass is 32.2. The van der Waals surface area contributed by atoms with Gasteiger partial charge in [-0.3, -0.25) is 9.78 Å². The van der Waals surface area contributed by atoms with Crippen LogP contribution >= 0.6 is 11.8 Å². The normalized spacial score (nSPS) is 11.0. The molecule has 4 rings (SSSR count). The van der Waals surface area contributed by atoms with Gasteiger partial charge in [0.15, 0.2) is 5.78 Å². The van der Waals surface area contributed by atoms with Gasteiger partial charge in [-0.05, 0) is 18.2 Å². The van der Waals surface area contributed by atoms with E-state index < -0.39 is 0 Å². The van der Waals surface area contributed by atoms with Gasteiger partial charge in [-0.25, -0.2) is 0 Å². The minimum atomic E-state index is 0.0149. The van der Waals surface area contributed by atoms with E-state index in [4.69, 9.17) is 4.42 Å². The van der Waals surface area contributed by atoms with Crippen LogP contribution in [0.3, 0.4) is 0 Å². The molecule has 3 heterocycles. The molecular formula is C17H12N4O2S. The standard InChI is InChI=1S/C17H12N4O2S/c22-15(13-9-19-14-4-2-1-3-12(13)14)10-24-17-21-20-16(23-17)11-5-7-18-8-6-11/h1-9,19H,10H2. The first-order chi connectivity index (χ1) is 11.8. The van der Waals surface area contributed by atoms with Crippen molar-refractivity contribution in [3.05, 3.63) is 60.6 Å². The number of thioether (sulfide) groups is 1. The average Bonchev–Trinajstić information content (AvgIpc) is 3.27. The zero-order valence-corrected chi connectivity index (χ0v) is 13.3. The molecule has 0 bridgehead atoms. The van der Waals surface area contributed by atoms with Gasteiger partial charge in [-0.1, -0.05) is 30.0 Å². The first kappa shape index (κ1) is 14.6. The molecule has 0 saturated heterocycles. The summed E-state index contributed by atoms with van der Waals surface area (Å²) in [5.74, 6) is 0.667. The lowest BCUT2D eigenvalue weighted by atomic mass is 10.1. The fraction of sp³-hybridized carbons (Fsp3) is 0.0588. The summed E-state index contributed by atoms with van der Waals surface area (Å²) in [6, 6.07) is 11.3. The second-order valence-corrected chi connectivity index (χ2v) is 6.00. The summed E-state index contributed by atoms with van der Waals surface area (Å²) >= 11 is 1.23. The van der Waals surface area contributed by atoms with Gasteiger partial charge in [0.1, 0.15) is 0 Å². The number of nitrogens with one attached hydrogen (secondary N) is 1. The number of hydrogen-bond donors (Lipinski definition) is 1. The smallest absolute Gasteiger partial charge is 0.277 e. The fourth-order valence-corrected chi connectivity index (χ4v) is 3.03. The molecule has 0 fully saturated rings. The Morgan fingerprint density at radius 2 is 1.96 bits per heavy atom. The number of ketones is 1. The number of para-hydroxylation sites is 1. The maximum Gasteiger partial charge on any atom is 0.277 e. The molecule has 118 valence electrons. The van der Waals surface area contributed by atoms with E-state index in [1.165, 1.54) is 11.8 Å². The van der Waals surface area contributed by atoms with Gasteiger partial charge in [0.25, 0.3) is 5.22 Å². The van der Waals surface area contributed by atoms with Crippen molar-refractivity contribution >= 4 is 28.4 Å². The Bertz CT molecular complexity index is 994. The molecule has 4 aromatic rings. The van der Waals surface area contributed by atoms with Crippen LogP contribution in [0.25, 0.3) is 22.4 Å². The first-order valence-corrected chi connectivity index (χ1v) is 8.26. The quantitative estimate of drug-likeness (QED) is 0.443. The SMILES string of the molecule is O=C(CSc1nnc(-c2ccncc2)o1)c1c[nH]c2ccccc12. The molecule has 0 spiro atoms. The lowest BCUT2D eigenvalue weighted by Gasteiger charge is -1.97. The minimum absolute atomic E-state index is 0.0149. The van der Waals surface area contributed by atoms with Crippen LogP contribution in [0.5, 0.6) is 0 Å². The van der Waals surface area contributed by atoms with Crippen molar-refractivity contribution in [3.8, 4) is 11.5 Å². The Morgan fingerprint density at radius 3 is 2.83 bits per heavy atom. The molecule has 6 nitrogen and oxygen atoms in total. The van der Waals surface area contributed by atoms with Crippen LogP contribution in [0, 0.1) is 0 Å². The molecule has 0 unspecified atom stereocenters. The number of pyridine rings is 1. The van der Waals surface area contributed by atoms with E-state index in [9.17, 15) is 4.79 Å². The molecule has 0 aliphatic heterocycles. The molecule has 0 saturated carbocycles. The topological polar surface area (TPSA) is 84.7 Å². The van der Waals surface area contributed by atoms with Crippen LogP contribution < -0.4 is 0 Å². The third-order valence-electron chi connectivity index (χ3n) is 3.55. The van der Waals surface area contributed by atoms with Crippen molar-refractivity contribution in [1.29, 1.82) is 0 Å². The van der Waals surface area contributed by atoms with Crippen molar-refractivity contribution in [3.63, 3.8) is 0 Å². The monoisotopic (exact) mass is 336 g/mol. The number of fused-ring (bicyclic) bond motifs is 1. The van der Waals surface area contributed by atoms with Gasteiger partial charge in [0, 0.05) is 40.6 Å². The van der Waals surface area contributed by atoms with Gasteiger partial charge in [-0.15, -0.1) is 10.2 Å². The lowest BCUT2D eigenvalue weighted by molar-refractivity contribution is 0.102. The molecule has 1 N–H and O–H groups in total. The summed E-state index contributed by atoms with van der Waals surface area (Å²) in [7, 11) is 0. The number of aromatic amines is 1. The largest absolute Gasteiger partial charge is 0.411 e. The van der Waals surface area contributed by atoms with Gasteiger partial charge in [0.05, 0.1) is 5.75 Å². The van der Waals surface area contributed by atoms with Crippen LogP contribution in [-0.2, 0) is 0 Å². The van der Waals surface area contributed by atoms with Crippen molar-refractivity contribution in [1.82, 2.24) is 20.2 Å². The molecule has 0 amide bonds. The average molecular weight is 336 g/mol. The number of nitrogens with zero attached hydrogens (tertiary/aromatic N) is 3. The first-order valence-electron chi connectivity index (χ1n) is 7.27. The Hall–Kier alpha value is -2.93. The molecule has 0 atom stereocenters. The summed E-state index contributed by atoms with van der Waals surface area (Å²) in [6.07, 6.45) is 5.06. The number of Topliss-reactive ketones (excluding diaryl/α,β-unsaturated/α-hetero) is 1. The molecule has 0 aliphatic rings. The number of aromatic nitrogens is 4. The van der Waals surface area contributed by atoms with E-state index in [1.54, 1.807) is 30.7 Å². The van der Waals surface area contributed by atoms with Crippen LogP contribution in [0.1, 0.15) is 10.4 Å². The molecule has 3 aromatic heterocycles. The zero-order valence-electron chi connectivity index (χ0n) is 12.5. The Kier molecular flexibility index (Phi) is 3.84. The maximum atomic E-state index is 12.4. The number of carbonyl (C=O) groups excluding carboxylic acids is 1. The summed E-state index contributed by atoms with van der Waals surface area (Å²) < 4.78 is 5.58. The van der Waals surface area contributed by atoms with E-state index in [-0.39, 0.29) is 11.5 Å². The molecule has 0 radical (unpaired) electrons. The van der Waals surface area contributed by atoms with Crippen molar-refractivity contribution in [2.75, 3.05) is 5.75 Å². The second-order valence-electron chi connectivity index (χ2n) is 5.07. The van der Waals surface area contributed by atoms with E-state index >= 15 is 0 Å². The van der Waals surface area contributed by atoms with Crippen LogP contribution in [0.15, 0.2) is 64.6 Å². The van der Waals surface area contributed by atoms with Crippen LogP contribution in [0.2, 0.25) is 0 Å². The number of carbonyl (C=O) groups is 1. The molecular weight excluding hydrogens is 324 g/mol. The Morgan fingerprint density at radius 1 is 1.12 bits per heavy atom. The van der Waals surface area contributed by atoms with Crippen LogP contribution in [-0.4, -0.2) is 31.7 Å². The predicted molar refractivity (Wildman–Crippen MR) is 90.9 cm³/mol. The van der Waals surface area contributed by atoms with E-state index in [2.05, 4.69) is 20.2 Å². The number of benzene rings is 1. The van der Waals surface area contributed by atoms with Gasteiger partial charge < -0.3 is 9.40 Å². The highest BCUT2D eigenvalue weighted by molar-refractivity contribution is 7.99. The zero-order chi connectivity index (χ0) is 16.4. The van der Waals surface area contributed by atoms with Gasteiger partial charge in [0.2, 0.25) is 5.89 Å². The molecule has 0 aliphatic carbocycles. The Labute approximate surface area is 141 Å². The third kappa shape index (κ3) is 2.81. The summed E-state index contributed by atoms with van der Waals surface area (Å²) in [4.78, 5) is 19.5. The maximum absolute atomic E-state index is 12.4. The summed E-state index contributed by atoms with van der Waals surface area (Å²) in [5, 5.41) is 9.26. The molecule has 7 heteroatoms. The van der Waals surface area contributed by atoms with Gasteiger partial charge >= 0.3 is 0 Å². The lowest BCUT2D eigenvalue weighted by Crippen LogP contribution is -2.01. The highest BCUT2D eigenvalue weighted by Gasteiger charge is 2.15. The summed E-state index contributed by atoms with van der Waals surface area (Å²) in [6.45, 7) is 0. The number of rotatable bonds is 5. The van der Waals surface area contributed by atoms with E-state index in [1.807, 2.05) is 24.3 Å². The fourth-order valence-electron chi connectivity index (χ4n) is 2.39. The van der Waals surface area contributed by atoms with Crippen molar-refractivity contribution in [2.45, 2.75) is 5.22 Å². The van der Waals surface area contributed by atoms with Crippen molar-refractivity contribution < 1.29 is 9.21 Å². The van der Waals surface area contributed by atoms with Gasteiger partial charge in [-0.2, -0.15) is 0 Å². The van der Waals surface area contributed by atoms with Crippen LogP contribution in [0.4, 0.5) is 0 Å². The van der Waals surface area contributed by atoms with E-state index in [0.717, 1.165) is 16.5 Å². The third-order valence-corrected chi connectivity index (χ3v) is 4.37. The Balaban J connectivity index is 1.47. The minimum Gasteiger partial charge on any atom is -0.411 e. The predicted octanol–water partition coefficient (Wildman–Crippen LogP) is 3.59. The molecule has 24 heavy (non-hydrogen) atoms. The number of H-pyrrole nitrogens is 1. The van der Waals surface area contributed by atoms with Crippen molar-refractivity contribution in [2.24, 2.45) is 0 Å². The number of hydrogen-bond acceptors (Lipinski definition) is 6. The summed E-state index contributed by atoms with van der Waals surface area (Å²) in [5.41, 5.74) is 2.42.